The van der Waals surface area contributed by atoms with Crippen molar-refractivity contribution in [3.05, 3.63) is 27.1 Å². The number of aromatic nitrogens is 1. The normalized spacial score (nSPS) is 11.0. The van der Waals surface area contributed by atoms with Crippen LogP contribution in [-0.2, 0) is 6.18 Å². The zero-order valence-electron chi connectivity index (χ0n) is 6.06. The van der Waals surface area contributed by atoms with Gasteiger partial charge in [-0.1, -0.05) is 0 Å². The summed E-state index contributed by atoms with van der Waals surface area (Å²) < 4.78 is 36.3. The summed E-state index contributed by atoms with van der Waals surface area (Å²) in [7, 11) is 0. The van der Waals surface area contributed by atoms with Crippen LogP contribution in [0, 0.1) is 15.0 Å². The monoisotopic (exact) mass is 298 g/mol. The molecular formula is C7H2F3IN2. The summed E-state index contributed by atoms with van der Waals surface area (Å²) in [5.41, 5.74) is -0.829. The Kier molecular flexibility index (Phi) is 2.75. The van der Waals surface area contributed by atoms with Crippen molar-refractivity contribution in [2.45, 2.75) is 6.18 Å². The van der Waals surface area contributed by atoms with E-state index >= 15 is 0 Å². The number of hydrogen-bond donors (Lipinski definition) is 0. The van der Waals surface area contributed by atoms with E-state index in [1.807, 2.05) is 0 Å². The van der Waals surface area contributed by atoms with E-state index in [1.54, 1.807) is 6.07 Å². The van der Waals surface area contributed by atoms with Crippen LogP contribution in [0.3, 0.4) is 0 Å². The predicted octanol–water partition coefficient (Wildman–Crippen LogP) is 2.58. The lowest BCUT2D eigenvalue weighted by atomic mass is 10.2. The first-order valence-electron chi connectivity index (χ1n) is 3.09. The lowest BCUT2D eigenvalue weighted by Crippen LogP contribution is -2.09. The minimum atomic E-state index is -4.41. The lowest BCUT2D eigenvalue weighted by molar-refractivity contribution is -0.138. The molecule has 0 N–H and O–H groups in total. The van der Waals surface area contributed by atoms with Crippen LogP contribution >= 0.6 is 22.6 Å². The van der Waals surface area contributed by atoms with Gasteiger partial charge in [-0.25, -0.2) is 4.98 Å². The minimum absolute atomic E-state index is 0.0163. The maximum Gasteiger partial charge on any atom is 0.418 e. The van der Waals surface area contributed by atoms with Crippen LogP contribution in [0.25, 0.3) is 0 Å². The van der Waals surface area contributed by atoms with E-state index in [9.17, 15) is 13.2 Å². The first kappa shape index (κ1) is 10.2. The summed E-state index contributed by atoms with van der Waals surface area (Å²) in [6.07, 6.45) is -4.41. The van der Waals surface area contributed by atoms with E-state index in [0.717, 1.165) is 12.1 Å². The highest BCUT2D eigenvalue weighted by Crippen LogP contribution is 2.31. The smallest absolute Gasteiger partial charge is 0.231 e. The Morgan fingerprint density at radius 1 is 1.38 bits per heavy atom. The fraction of sp³-hybridized carbons (Fsp3) is 0.143. The number of alkyl halides is 3. The summed E-state index contributed by atoms with van der Waals surface area (Å²) in [4.78, 5) is 3.46. The van der Waals surface area contributed by atoms with Crippen molar-refractivity contribution >= 4 is 22.6 Å². The van der Waals surface area contributed by atoms with Gasteiger partial charge in [-0.3, -0.25) is 0 Å². The number of halogens is 4. The molecule has 0 fully saturated rings. The summed E-state index contributed by atoms with van der Waals surface area (Å²) >= 11 is 1.45. The van der Waals surface area contributed by atoms with Crippen LogP contribution in [0.4, 0.5) is 13.2 Å². The highest BCUT2D eigenvalue weighted by molar-refractivity contribution is 14.1. The zero-order valence-corrected chi connectivity index (χ0v) is 8.22. The maximum atomic E-state index is 12.2. The average molecular weight is 298 g/mol. The van der Waals surface area contributed by atoms with Crippen molar-refractivity contribution in [2.75, 3.05) is 0 Å². The van der Waals surface area contributed by atoms with Crippen LogP contribution in [0.15, 0.2) is 12.1 Å². The van der Waals surface area contributed by atoms with E-state index in [-0.39, 0.29) is 9.39 Å². The van der Waals surface area contributed by atoms with E-state index in [4.69, 9.17) is 5.26 Å². The van der Waals surface area contributed by atoms with Gasteiger partial charge in [-0.15, -0.1) is 0 Å². The molecule has 0 spiro atoms. The van der Waals surface area contributed by atoms with Crippen LogP contribution < -0.4 is 0 Å². The van der Waals surface area contributed by atoms with Gasteiger partial charge in [-0.2, -0.15) is 18.4 Å². The van der Waals surface area contributed by atoms with Gasteiger partial charge in [-0.05, 0) is 34.7 Å². The number of nitrogens with zero attached hydrogens (tertiary/aromatic N) is 2. The van der Waals surface area contributed by atoms with Gasteiger partial charge in [0, 0.05) is 0 Å². The number of pyridine rings is 1. The number of nitriles is 1. The zero-order chi connectivity index (χ0) is 10.1. The molecule has 13 heavy (non-hydrogen) atoms. The van der Waals surface area contributed by atoms with E-state index < -0.39 is 11.7 Å². The van der Waals surface area contributed by atoms with E-state index in [1.165, 1.54) is 22.6 Å². The molecule has 0 saturated heterocycles. The standard InChI is InChI=1S/C7H2F3IN2/c8-7(9,10)5-2-1-4(3-12)13-6(5)11/h1-2H. The maximum absolute atomic E-state index is 12.2. The molecule has 6 heteroatoms. The quantitative estimate of drug-likeness (QED) is 0.545. The highest BCUT2D eigenvalue weighted by atomic mass is 127. The molecule has 0 aromatic carbocycles. The van der Waals surface area contributed by atoms with Crippen molar-refractivity contribution < 1.29 is 13.2 Å². The highest BCUT2D eigenvalue weighted by Gasteiger charge is 2.33. The van der Waals surface area contributed by atoms with Gasteiger partial charge < -0.3 is 0 Å². The Morgan fingerprint density at radius 2 is 2.00 bits per heavy atom. The van der Waals surface area contributed by atoms with Crippen LogP contribution in [0.1, 0.15) is 11.3 Å². The second-order valence-electron chi connectivity index (χ2n) is 2.14. The van der Waals surface area contributed by atoms with E-state index in [2.05, 4.69) is 4.98 Å². The third kappa shape index (κ3) is 2.30. The molecule has 1 rings (SSSR count). The van der Waals surface area contributed by atoms with Crippen molar-refractivity contribution in [3.63, 3.8) is 0 Å². The third-order valence-electron chi connectivity index (χ3n) is 1.27. The molecule has 68 valence electrons. The van der Waals surface area contributed by atoms with Gasteiger partial charge in [0.2, 0.25) is 0 Å². The van der Waals surface area contributed by atoms with Gasteiger partial charge >= 0.3 is 6.18 Å². The summed E-state index contributed by atoms with van der Waals surface area (Å²) in [5, 5.41) is 8.36. The van der Waals surface area contributed by atoms with Crippen molar-refractivity contribution in [1.82, 2.24) is 4.98 Å². The molecule has 0 amide bonds. The molecule has 0 bridgehead atoms. The summed E-state index contributed by atoms with van der Waals surface area (Å²) in [6, 6.07) is 3.56. The molecule has 0 unspecified atom stereocenters. The fourth-order valence-electron chi connectivity index (χ4n) is 0.708. The molecule has 1 aromatic rings. The van der Waals surface area contributed by atoms with Crippen molar-refractivity contribution in [2.24, 2.45) is 0 Å². The van der Waals surface area contributed by atoms with Crippen molar-refractivity contribution in [1.29, 1.82) is 5.26 Å². The molecule has 0 saturated carbocycles. The SMILES string of the molecule is N#Cc1ccc(C(F)(F)F)c(I)n1. The first-order chi connectivity index (χ1) is 5.95. The topological polar surface area (TPSA) is 36.7 Å². The summed E-state index contributed by atoms with van der Waals surface area (Å²) in [6.45, 7) is 0. The van der Waals surface area contributed by atoms with Crippen molar-refractivity contribution in [3.8, 4) is 6.07 Å². The largest absolute Gasteiger partial charge is 0.418 e. The first-order valence-corrected chi connectivity index (χ1v) is 4.17. The average Bonchev–Trinajstić information content (AvgIpc) is 2.01. The lowest BCUT2D eigenvalue weighted by Gasteiger charge is -2.07. The summed E-state index contributed by atoms with van der Waals surface area (Å²) in [5.74, 6) is 0. The molecule has 1 heterocycles. The van der Waals surface area contributed by atoms with Gasteiger partial charge in [0.1, 0.15) is 15.5 Å². The molecular weight excluding hydrogens is 296 g/mol. The molecule has 0 aliphatic rings. The molecule has 0 aliphatic carbocycles. The van der Waals surface area contributed by atoms with Crippen LogP contribution in [0.2, 0.25) is 0 Å². The molecule has 1 aromatic heterocycles. The minimum Gasteiger partial charge on any atom is -0.231 e. The van der Waals surface area contributed by atoms with Gasteiger partial charge in [0.15, 0.2) is 0 Å². The Bertz CT molecular complexity index is 367. The number of rotatable bonds is 0. The number of hydrogen-bond acceptors (Lipinski definition) is 2. The second kappa shape index (κ2) is 3.49. The van der Waals surface area contributed by atoms with Gasteiger partial charge in [0.05, 0.1) is 5.56 Å². The van der Waals surface area contributed by atoms with Crippen LogP contribution in [0.5, 0.6) is 0 Å². The second-order valence-corrected chi connectivity index (χ2v) is 3.17. The molecule has 0 aliphatic heterocycles. The molecule has 0 atom stereocenters. The fourth-order valence-corrected chi connectivity index (χ4v) is 1.45. The molecule has 2 nitrogen and oxygen atoms in total. The van der Waals surface area contributed by atoms with Crippen LogP contribution in [-0.4, -0.2) is 4.98 Å². The Labute approximate surface area is 85.5 Å². The Morgan fingerprint density at radius 3 is 2.38 bits per heavy atom. The van der Waals surface area contributed by atoms with E-state index in [0.29, 0.717) is 0 Å². The van der Waals surface area contributed by atoms with Gasteiger partial charge in [0.25, 0.3) is 0 Å². The Balaban J connectivity index is 3.23. The predicted molar refractivity (Wildman–Crippen MR) is 46.7 cm³/mol. The Hall–Kier alpha value is -0.840. The third-order valence-corrected chi connectivity index (χ3v) is 2.09. The molecule has 0 radical (unpaired) electrons.